The van der Waals surface area contributed by atoms with Gasteiger partial charge in [0.25, 0.3) is 11.8 Å². The van der Waals surface area contributed by atoms with E-state index in [1.807, 2.05) is 12.1 Å². The van der Waals surface area contributed by atoms with E-state index < -0.39 is 29.7 Å². The van der Waals surface area contributed by atoms with Gasteiger partial charge in [0.2, 0.25) is 0 Å². The van der Waals surface area contributed by atoms with Gasteiger partial charge < -0.3 is 15.3 Å². The van der Waals surface area contributed by atoms with Crippen molar-refractivity contribution in [2.24, 2.45) is 0 Å². The summed E-state index contributed by atoms with van der Waals surface area (Å²) in [6.45, 7) is 0.0997. The number of anilines is 1. The first-order chi connectivity index (χ1) is 18.8. The van der Waals surface area contributed by atoms with E-state index in [4.69, 9.17) is 16.7 Å². The smallest absolute Gasteiger partial charge is 0.335 e. The van der Waals surface area contributed by atoms with Crippen LogP contribution >= 0.6 is 11.6 Å². The molecule has 1 atom stereocenters. The highest BCUT2D eigenvalue weighted by molar-refractivity contribution is 6.30. The van der Waals surface area contributed by atoms with Crippen LogP contribution < -0.4 is 5.32 Å². The van der Waals surface area contributed by atoms with Crippen molar-refractivity contribution >= 4 is 41.1 Å². The summed E-state index contributed by atoms with van der Waals surface area (Å²) in [5.74, 6) is -3.75. The summed E-state index contributed by atoms with van der Waals surface area (Å²) in [7, 11) is 0. The number of hydrogen-bond acceptors (Lipinski definition) is 6. The molecule has 2 N–H and O–H groups in total. The molecule has 2 heterocycles. The van der Waals surface area contributed by atoms with E-state index in [1.165, 1.54) is 46.2 Å². The Morgan fingerprint density at radius 1 is 1.08 bits per heavy atom. The fourth-order valence-corrected chi connectivity index (χ4v) is 4.61. The molecule has 0 aliphatic carbocycles. The third-order valence-electron chi connectivity index (χ3n) is 6.26. The summed E-state index contributed by atoms with van der Waals surface area (Å²) < 4.78 is 16.9. The van der Waals surface area contributed by atoms with Gasteiger partial charge in [-0.2, -0.15) is 4.68 Å². The third kappa shape index (κ3) is 5.39. The summed E-state index contributed by atoms with van der Waals surface area (Å²) in [6, 6.07) is 16.3. The first kappa shape index (κ1) is 25.7. The maximum absolute atomic E-state index is 15.6. The third-order valence-corrected chi connectivity index (χ3v) is 6.50. The maximum Gasteiger partial charge on any atom is 0.335 e. The van der Waals surface area contributed by atoms with Crippen LogP contribution in [-0.4, -0.2) is 54.5 Å². The Bertz CT molecular complexity index is 1590. The number of nitrogens with one attached hydrogen (secondary N) is 1. The number of carbonyl (C=O) groups is 3. The molecule has 1 aliphatic rings. The molecule has 2 amide bonds. The lowest BCUT2D eigenvalue weighted by Gasteiger charge is -2.36. The molecular weight excluding hydrogens is 527 g/mol. The molecule has 1 unspecified atom stereocenters. The second-order valence-corrected chi connectivity index (χ2v) is 9.11. The lowest BCUT2D eigenvalue weighted by Crippen LogP contribution is -2.45. The zero-order valence-corrected chi connectivity index (χ0v) is 20.9. The van der Waals surface area contributed by atoms with Crippen LogP contribution in [0, 0.1) is 0 Å². The SMILES string of the molecule is O=C(O)c1ccc(NC(=O)C2c3ccccc3CCN2C(=O)/C(F)=C\c2cc(Cl)ccc2-n2cnnn2)cc1. The number of carbonyl (C=O) groups excluding carboxylic acids is 2. The minimum absolute atomic E-state index is 0.0575. The largest absolute Gasteiger partial charge is 0.478 e. The summed E-state index contributed by atoms with van der Waals surface area (Å²) in [5, 5.41) is 23.1. The second-order valence-electron chi connectivity index (χ2n) is 8.67. The van der Waals surface area contributed by atoms with Crippen LogP contribution in [0.4, 0.5) is 10.1 Å². The van der Waals surface area contributed by atoms with Crippen molar-refractivity contribution < 1.29 is 23.9 Å². The van der Waals surface area contributed by atoms with Crippen LogP contribution in [0.15, 0.2) is 78.9 Å². The van der Waals surface area contributed by atoms with Crippen LogP contribution in [0.1, 0.15) is 33.1 Å². The van der Waals surface area contributed by atoms with Gasteiger partial charge in [-0.3, -0.25) is 9.59 Å². The molecule has 0 radical (unpaired) electrons. The molecule has 10 nitrogen and oxygen atoms in total. The fourth-order valence-electron chi connectivity index (χ4n) is 4.43. The van der Waals surface area contributed by atoms with Crippen LogP contribution in [-0.2, 0) is 16.0 Å². The molecular formula is C27H20ClFN6O4. The van der Waals surface area contributed by atoms with E-state index in [1.54, 1.807) is 24.3 Å². The molecule has 1 aliphatic heterocycles. The number of amides is 2. The molecule has 39 heavy (non-hydrogen) atoms. The van der Waals surface area contributed by atoms with E-state index >= 15 is 4.39 Å². The van der Waals surface area contributed by atoms with Crippen molar-refractivity contribution in [3.63, 3.8) is 0 Å². The molecule has 0 fully saturated rings. The number of nitrogens with zero attached hydrogens (tertiary/aromatic N) is 5. The normalized spacial score (nSPS) is 15.0. The van der Waals surface area contributed by atoms with Gasteiger partial charge >= 0.3 is 5.97 Å². The van der Waals surface area contributed by atoms with Crippen molar-refractivity contribution in [2.45, 2.75) is 12.5 Å². The molecule has 0 spiro atoms. The number of aromatic nitrogens is 4. The average Bonchev–Trinajstić information content (AvgIpc) is 3.47. The van der Waals surface area contributed by atoms with E-state index in [9.17, 15) is 14.4 Å². The minimum atomic E-state index is -1.13. The van der Waals surface area contributed by atoms with Gasteiger partial charge in [-0.15, -0.1) is 5.10 Å². The van der Waals surface area contributed by atoms with Crippen molar-refractivity contribution in [1.29, 1.82) is 0 Å². The average molecular weight is 547 g/mol. The molecule has 0 saturated carbocycles. The highest BCUT2D eigenvalue weighted by atomic mass is 35.5. The molecule has 0 bridgehead atoms. The van der Waals surface area contributed by atoms with E-state index in [0.29, 0.717) is 28.4 Å². The summed E-state index contributed by atoms with van der Waals surface area (Å²) in [5.41, 5.74) is 2.49. The van der Waals surface area contributed by atoms with E-state index in [0.717, 1.165) is 11.6 Å². The lowest BCUT2D eigenvalue weighted by molar-refractivity contribution is -0.137. The number of rotatable bonds is 6. The number of aromatic carboxylic acids is 1. The zero-order chi connectivity index (χ0) is 27.5. The van der Waals surface area contributed by atoms with Crippen molar-refractivity contribution in [3.8, 4) is 5.69 Å². The second kappa shape index (κ2) is 10.8. The van der Waals surface area contributed by atoms with Crippen LogP contribution in [0.3, 0.4) is 0 Å². The first-order valence-electron chi connectivity index (χ1n) is 11.7. The molecule has 1 aromatic heterocycles. The Morgan fingerprint density at radius 2 is 1.85 bits per heavy atom. The van der Waals surface area contributed by atoms with Gasteiger partial charge in [0.05, 0.1) is 11.3 Å². The molecule has 0 saturated heterocycles. The quantitative estimate of drug-likeness (QED) is 0.348. The van der Waals surface area contributed by atoms with Crippen molar-refractivity contribution in [1.82, 2.24) is 25.1 Å². The van der Waals surface area contributed by atoms with Crippen molar-refractivity contribution in [2.75, 3.05) is 11.9 Å². The summed E-state index contributed by atoms with van der Waals surface area (Å²) in [6.07, 6.45) is 2.79. The number of halogens is 2. The molecule has 196 valence electrons. The minimum Gasteiger partial charge on any atom is -0.478 e. The van der Waals surface area contributed by atoms with Crippen LogP contribution in [0.25, 0.3) is 11.8 Å². The monoisotopic (exact) mass is 546 g/mol. The van der Waals surface area contributed by atoms with Gasteiger partial charge in [-0.25, -0.2) is 9.18 Å². The topological polar surface area (TPSA) is 130 Å². The summed E-state index contributed by atoms with van der Waals surface area (Å²) >= 11 is 6.12. The Morgan fingerprint density at radius 3 is 2.56 bits per heavy atom. The maximum atomic E-state index is 15.6. The zero-order valence-electron chi connectivity index (χ0n) is 20.2. The number of fused-ring (bicyclic) bond motifs is 1. The van der Waals surface area contributed by atoms with E-state index in [-0.39, 0.29) is 17.7 Å². The standard InChI is InChI=1S/C27H20ClFN6O4/c28-19-7-10-23(35-15-30-32-33-35)18(13-19)14-22(29)26(37)34-12-11-16-3-1-2-4-21(16)24(34)25(36)31-20-8-5-17(6-9-20)27(38)39/h1-10,13-15,24H,11-12H2,(H,31,36)(H,38,39)/b22-14+. The Hall–Kier alpha value is -4.90. The van der Waals surface area contributed by atoms with E-state index in [2.05, 4.69) is 20.8 Å². The van der Waals surface area contributed by atoms with Crippen LogP contribution in [0.2, 0.25) is 5.02 Å². The lowest BCUT2D eigenvalue weighted by atomic mass is 9.91. The number of benzene rings is 3. The number of tetrazole rings is 1. The Kier molecular flexibility index (Phi) is 7.15. The fraction of sp³-hybridized carbons (Fsp3) is 0.111. The molecule has 3 aromatic carbocycles. The van der Waals surface area contributed by atoms with Gasteiger partial charge in [0.1, 0.15) is 12.4 Å². The van der Waals surface area contributed by atoms with Gasteiger partial charge in [0, 0.05) is 22.8 Å². The highest BCUT2D eigenvalue weighted by Crippen LogP contribution is 2.33. The predicted octanol–water partition coefficient (Wildman–Crippen LogP) is 4.09. The van der Waals surface area contributed by atoms with Crippen molar-refractivity contribution in [3.05, 3.63) is 106 Å². The molecule has 12 heteroatoms. The number of hydrogen-bond donors (Lipinski definition) is 2. The summed E-state index contributed by atoms with van der Waals surface area (Å²) in [4.78, 5) is 39.3. The predicted molar refractivity (Wildman–Crippen MR) is 140 cm³/mol. The highest BCUT2D eigenvalue weighted by Gasteiger charge is 2.37. The number of carboxylic acid groups (broad SMARTS) is 1. The molecule has 4 aromatic rings. The van der Waals surface area contributed by atoms with Gasteiger partial charge in [-0.1, -0.05) is 35.9 Å². The number of carboxylic acids is 1. The Labute approximate surface area is 226 Å². The van der Waals surface area contributed by atoms with Gasteiger partial charge in [-0.05, 0) is 76.5 Å². The van der Waals surface area contributed by atoms with Crippen LogP contribution in [0.5, 0.6) is 0 Å². The first-order valence-corrected chi connectivity index (χ1v) is 12.1. The Balaban J connectivity index is 1.47. The molecule has 5 rings (SSSR count). The van der Waals surface area contributed by atoms with Gasteiger partial charge in [0.15, 0.2) is 5.83 Å².